The lowest BCUT2D eigenvalue weighted by atomic mass is 9.90. The van der Waals surface area contributed by atoms with Crippen molar-refractivity contribution >= 4 is 0 Å². The molecule has 1 aliphatic rings. The van der Waals surface area contributed by atoms with Crippen LogP contribution in [0.2, 0.25) is 0 Å². The van der Waals surface area contributed by atoms with Gasteiger partial charge in [0.05, 0.1) is 7.11 Å². The van der Waals surface area contributed by atoms with Gasteiger partial charge in [-0.1, -0.05) is 26.0 Å². The van der Waals surface area contributed by atoms with Crippen LogP contribution >= 0.6 is 0 Å². The predicted molar refractivity (Wildman–Crippen MR) is 76.4 cm³/mol. The molecule has 1 heterocycles. The fourth-order valence-corrected chi connectivity index (χ4v) is 2.79. The maximum Gasteiger partial charge on any atom is 0.122 e. The van der Waals surface area contributed by atoms with Crippen LogP contribution in [0.3, 0.4) is 0 Å². The van der Waals surface area contributed by atoms with Gasteiger partial charge in [-0.2, -0.15) is 0 Å². The SMILES string of the molecule is COc1ccc(CC2CCCNC2)cc1C(C)C. The number of methoxy groups -OCH3 is 1. The standard InChI is InChI=1S/C16H25NO/c1-12(2)15-10-13(6-7-16(15)18-3)9-14-5-4-8-17-11-14/h6-7,10,12,14,17H,4-5,8-9,11H2,1-3H3. The summed E-state index contributed by atoms with van der Waals surface area (Å²) in [5.74, 6) is 2.34. The van der Waals surface area contributed by atoms with E-state index in [-0.39, 0.29) is 0 Å². The highest BCUT2D eigenvalue weighted by Gasteiger charge is 2.15. The van der Waals surface area contributed by atoms with Crippen molar-refractivity contribution in [3.63, 3.8) is 0 Å². The maximum atomic E-state index is 5.44. The summed E-state index contributed by atoms with van der Waals surface area (Å²) in [6.45, 7) is 6.81. The largest absolute Gasteiger partial charge is 0.496 e. The Morgan fingerprint density at radius 1 is 1.39 bits per heavy atom. The molecule has 1 aromatic rings. The van der Waals surface area contributed by atoms with Gasteiger partial charge in [-0.3, -0.25) is 0 Å². The number of ether oxygens (including phenoxy) is 1. The number of hydrogen-bond donors (Lipinski definition) is 1. The second-order valence-corrected chi connectivity index (χ2v) is 5.65. The summed E-state index contributed by atoms with van der Waals surface area (Å²) in [4.78, 5) is 0. The third-order valence-electron chi connectivity index (χ3n) is 3.84. The zero-order valence-electron chi connectivity index (χ0n) is 11.8. The Bertz CT molecular complexity index is 381. The molecule has 1 atom stereocenters. The molecule has 0 bridgehead atoms. The summed E-state index contributed by atoms with van der Waals surface area (Å²) in [6, 6.07) is 6.68. The van der Waals surface area contributed by atoms with Crippen LogP contribution in [-0.4, -0.2) is 20.2 Å². The minimum Gasteiger partial charge on any atom is -0.496 e. The second-order valence-electron chi connectivity index (χ2n) is 5.65. The molecule has 18 heavy (non-hydrogen) atoms. The van der Waals surface area contributed by atoms with Crippen molar-refractivity contribution < 1.29 is 4.74 Å². The van der Waals surface area contributed by atoms with Crippen molar-refractivity contribution in [3.05, 3.63) is 29.3 Å². The molecule has 0 spiro atoms. The van der Waals surface area contributed by atoms with Crippen LogP contribution < -0.4 is 10.1 Å². The van der Waals surface area contributed by atoms with Crippen LogP contribution in [0.25, 0.3) is 0 Å². The minimum atomic E-state index is 0.518. The minimum absolute atomic E-state index is 0.518. The molecule has 0 aromatic heterocycles. The Morgan fingerprint density at radius 2 is 2.22 bits per heavy atom. The third-order valence-corrected chi connectivity index (χ3v) is 3.84. The smallest absolute Gasteiger partial charge is 0.122 e. The van der Waals surface area contributed by atoms with Crippen LogP contribution in [-0.2, 0) is 6.42 Å². The number of rotatable bonds is 4. The summed E-state index contributed by atoms with van der Waals surface area (Å²) in [6.07, 6.45) is 3.87. The van der Waals surface area contributed by atoms with Gasteiger partial charge in [0, 0.05) is 0 Å². The first-order valence-corrected chi connectivity index (χ1v) is 7.08. The van der Waals surface area contributed by atoms with Crippen molar-refractivity contribution in [1.29, 1.82) is 0 Å². The summed E-state index contributed by atoms with van der Waals surface area (Å²) < 4.78 is 5.44. The molecule has 0 radical (unpaired) electrons. The highest BCUT2D eigenvalue weighted by atomic mass is 16.5. The lowest BCUT2D eigenvalue weighted by Crippen LogP contribution is -2.30. The first-order valence-electron chi connectivity index (χ1n) is 7.08. The molecule has 1 unspecified atom stereocenters. The van der Waals surface area contributed by atoms with Gasteiger partial charge in [-0.25, -0.2) is 0 Å². The van der Waals surface area contributed by atoms with Gasteiger partial charge < -0.3 is 10.1 Å². The Labute approximate surface area is 111 Å². The zero-order chi connectivity index (χ0) is 13.0. The van der Waals surface area contributed by atoms with Crippen LogP contribution in [0, 0.1) is 5.92 Å². The van der Waals surface area contributed by atoms with E-state index < -0.39 is 0 Å². The summed E-state index contributed by atoms with van der Waals surface area (Å²) in [5, 5.41) is 3.49. The zero-order valence-corrected chi connectivity index (χ0v) is 11.8. The summed E-state index contributed by atoms with van der Waals surface area (Å²) in [7, 11) is 1.76. The molecule has 2 nitrogen and oxygen atoms in total. The van der Waals surface area contributed by atoms with E-state index in [1.54, 1.807) is 7.11 Å². The second kappa shape index (κ2) is 6.24. The predicted octanol–water partition coefficient (Wildman–Crippen LogP) is 3.36. The fraction of sp³-hybridized carbons (Fsp3) is 0.625. The lowest BCUT2D eigenvalue weighted by molar-refractivity contribution is 0.375. The van der Waals surface area contributed by atoms with Crippen molar-refractivity contribution in [3.8, 4) is 5.75 Å². The van der Waals surface area contributed by atoms with Crippen molar-refractivity contribution in [2.45, 2.75) is 39.0 Å². The van der Waals surface area contributed by atoms with Gasteiger partial charge in [0.25, 0.3) is 0 Å². The topological polar surface area (TPSA) is 21.3 Å². The number of nitrogens with one attached hydrogen (secondary N) is 1. The highest BCUT2D eigenvalue weighted by molar-refractivity contribution is 5.39. The molecule has 0 aliphatic carbocycles. The van der Waals surface area contributed by atoms with Gasteiger partial charge in [-0.05, 0) is 61.4 Å². The van der Waals surface area contributed by atoms with E-state index in [2.05, 4.69) is 37.4 Å². The van der Waals surface area contributed by atoms with E-state index in [1.165, 1.54) is 43.5 Å². The molecule has 1 saturated heterocycles. The van der Waals surface area contributed by atoms with E-state index in [4.69, 9.17) is 4.74 Å². The van der Waals surface area contributed by atoms with Crippen LogP contribution in [0.4, 0.5) is 0 Å². The van der Waals surface area contributed by atoms with Gasteiger partial charge in [0.15, 0.2) is 0 Å². The quantitative estimate of drug-likeness (QED) is 0.881. The first kappa shape index (κ1) is 13.4. The van der Waals surface area contributed by atoms with Gasteiger partial charge in [0.2, 0.25) is 0 Å². The Morgan fingerprint density at radius 3 is 2.83 bits per heavy atom. The molecule has 100 valence electrons. The van der Waals surface area contributed by atoms with Crippen LogP contribution in [0.1, 0.15) is 43.7 Å². The lowest BCUT2D eigenvalue weighted by Gasteiger charge is -2.23. The Balaban J connectivity index is 2.10. The molecule has 1 N–H and O–H groups in total. The van der Waals surface area contributed by atoms with E-state index in [9.17, 15) is 0 Å². The monoisotopic (exact) mass is 247 g/mol. The fourth-order valence-electron chi connectivity index (χ4n) is 2.79. The molecule has 1 aliphatic heterocycles. The van der Waals surface area contributed by atoms with Crippen molar-refractivity contribution in [2.75, 3.05) is 20.2 Å². The Kier molecular flexibility index (Phi) is 4.65. The van der Waals surface area contributed by atoms with E-state index >= 15 is 0 Å². The normalized spacial score (nSPS) is 20.1. The molecule has 2 rings (SSSR count). The Hall–Kier alpha value is -1.02. The number of hydrogen-bond acceptors (Lipinski definition) is 2. The molecule has 0 saturated carbocycles. The average molecular weight is 247 g/mol. The van der Waals surface area contributed by atoms with Gasteiger partial charge in [0.1, 0.15) is 5.75 Å². The van der Waals surface area contributed by atoms with E-state index in [1.807, 2.05) is 0 Å². The molecular weight excluding hydrogens is 222 g/mol. The van der Waals surface area contributed by atoms with Crippen molar-refractivity contribution in [2.24, 2.45) is 5.92 Å². The van der Waals surface area contributed by atoms with Crippen LogP contribution in [0.5, 0.6) is 5.75 Å². The third kappa shape index (κ3) is 3.26. The number of piperidine rings is 1. The average Bonchev–Trinajstić information content (AvgIpc) is 2.40. The molecule has 0 amide bonds. The first-order chi connectivity index (χ1) is 8.70. The molecular formula is C16H25NO. The van der Waals surface area contributed by atoms with Crippen LogP contribution in [0.15, 0.2) is 18.2 Å². The van der Waals surface area contributed by atoms with E-state index in [0.717, 1.165) is 11.7 Å². The highest BCUT2D eigenvalue weighted by Crippen LogP contribution is 2.28. The van der Waals surface area contributed by atoms with Gasteiger partial charge in [-0.15, -0.1) is 0 Å². The van der Waals surface area contributed by atoms with Crippen molar-refractivity contribution in [1.82, 2.24) is 5.32 Å². The maximum absolute atomic E-state index is 5.44. The van der Waals surface area contributed by atoms with Gasteiger partial charge >= 0.3 is 0 Å². The number of benzene rings is 1. The molecule has 1 fully saturated rings. The van der Waals surface area contributed by atoms with E-state index in [0.29, 0.717) is 5.92 Å². The molecule has 1 aromatic carbocycles. The molecule has 2 heteroatoms. The summed E-state index contributed by atoms with van der Waals surface area (Å²) >= 11 is 0. The summed E-state index contributed by atoms with van der Waals surface area (Å²) in [5.41, 5.74) is 2.78.